The monoisotopic (exact) mass is 497 g/mol. The molecule has 0 bridgehead atoms. The highest BCUT2D eigenvalue weighted by molar-refractivity contribution is 6.05. The molecule has 3 aromatic carbocycles. The Labute approximate surface area is 212 Å². The van der Waals surface area contributed by atoms with Crippen molar-refractivity contribution in [2.24, 2.45) is 0 Å². The van der Waals surface area contributed by atoms with Crippen molar-refractivity contribution in [3.63, 3.8) is 0 Å². The van der Waals surface area contributed by atoms with E-state index < -0.39 is 11.6 Å². The van der Waals surface area contributed by atoms with Gasteiger partial charge in [-0.2, -0.15) is 0 Å². The highest BCUT2D eigenvalue weighted by Crippen LogP contribution is 2.41. The van der Waals surface area contributed by atoms with Gasteiger partial charge in [0.1, 0.15) is 11.3 Å². The number of hydrogen-bond donors (Lipinski definition) is 0. The molecule has 5 aromatic rings. The summed E-state index contributed by atoms with van der Waals surface area (Å²) in [4.78, 5) is 30.0. The van der Waals surface area contributed by atoms with Gasteiger partial charge in [-0.3, -0.25) is 0 Å². The van der Waals surface area contributed by atoms with Gasteiger partial charge in [0.25, 0.3) is 0 Å². The van der Waals surface area contributed by atoms with Gasteiger partial charge in [-0.1, -0.05) is 18.2 Å². The van der Waals surface area contributed by atoms with Crippen molar-refractivity contribution in [2.75, 3.05) is 21.3 Å². The Morgan fingerprint density at radius 3 is 2.27 bits per heavy atom. The number of carbonyl (C=O) groups excluding carboxylic acids is 1. The van der Waals surface area contributed by atoms with Gasteiger partial charge >= 0.3 is 11.6 Å². The first kappa shape index (κ1) is 23.9. The summed E-state index contributed by atoms with van der Waals surface area (Å²) in [5.41, 5.74) is 2.76. The number of hydrogen-bond acceptors (Lipinski definition) is 8. The van der Waals surface area contributed by atoms with Crippen LogP contribution in [0.1, 0.15) is 15.9 Å². The summed E-state index contributed by atoms with van der Waals surface area (Å²) in [6.07, 6.45) is 0. The molecule has 0 unspecified atom stereocenters. The smallest absolute Gasteiger partial charge is 0.344 e. The summed E-state index contributed by atoms with van der Waals surface area (Å²) in [5, 5.41) is 1.39. The van der Waals surface area contributed by atoms with Crippen LogP contribution in [0, 0.1) is 6.92 Å². The number of methoxy groups -OCH3 is 3. The number of pyridine rings is 1. The molecule has 186 valence electrons. The van der Waals surface area contributed by atoms with E-state index in [0.717, 1.165) is 10.9 Å². The standard InChI is InChI=1S/C29H23NO7/c1-16-11-27(31)37-24-14-18(9-10-19(16)24)36-29(32)21-15-23(30-22-8-6-5-7-20(21)22)17-12-25(33-2)28(35-4)26(13-17)34-3/h5-15H,1-4H3. The molecule has 0 radical (unpaired) electrons. The van der Waals surface area contributed by atoms with E-state index in [1.165, 1.54) is 33.5 Å². The molecule has 8 heteroatoms. The fraction of sp³-hybridized carbons (Fsp3) is 0.138. The summed E-state index contributed by atoms with van der Waals surface area (Å²) >= 11 is 0. The molecular formula is C29H23NO7. The number of fused-ring (bicyclic) bond motifs is 2. The molecule has 5 rings (SSSR count). The Morgan fingerprint density at radius 2 is 1.57 bits per heavy atom. The summed E-state index contributed by atoms with van der Waals surface area (Å²) in [6.45, 7) is 1.82. The van der Waals surface area contributed by atoms with Crippen LogP contribution < -0.4 is 24.6 Å². The summed E-state index contributed by atoms with van der Waals surface area (Å²) in [5.74, 6) is 1.04. The quantitative estimate of drug-likeness (QED) is 0.171. The molecule has 37 heavy (non-hydrogen) atoms. The fourth-order valence-electron chi connectivity index (χ4n) is 4.25. The molecule has 2 aromatic heterocycles. The zero-order valence-corrected chi connectivity index (χ0v) is 20.7. The van der Waals surface area contributed by atoms with Crippen LogP contribution in [0.4, 0.5) is 0 Å². The molecule has 0 aliphatic heterocycles. The minimum Gasteiger partial charge on any atom is -0.493 e. The van der Waals surface area contributed by atoms with Gasteiger partial charge in [0.2, 0.25) is 5.75 Å². The largest absolute Gasteiger partial charge is 0.493 e. The Balaban J connectivity index is 1.60. The van der Waals surface area contributed by atoms with Crippen molar-refractivity contribution < 1.29 is 28.2 Å². The second kappa shape index (κ2) is 9.66. The SMILES string of the molecule is COc1cc(-c2cc(C(=O)Oc3ccc4c(C)cc(=O)oc4c3)c3ccccc3n2)cc(OC)c1OC. The zero-order chi connectivity index (χ0) is 26.1. The maximum absolute atomic E-state index is 13.4. The summed E-state index contributed by atoms with van der Waals surface area (Å²) < 4.78 is 27.4. The zero-order valence-electron chi connectivity index (χ0n) is 20.7. The fourth-order valence-corrected chi connectivity index (χ4v) is 4.25. The van der Waals surface area contributed by atoms with E-state index in [0.29, 0.717) is 50.6 Å². The summed E-state index contributed by atoms with van der Waals surface area (Å²) in [6, 6.07) is 18.9. The third-order valence-corrected chi connectivity index (χ3v) is 6.03. The lowest BCUT2D eigenvalue weighted by Crippen LogP contribution is -2.10. The summed E-state index contributed by atoms with van der Waals surface area (Å²) in [7, 11) is 4.59. The maximum Gasteiger partial charge on any atom is 0.344 e. The van der Waals surface area contributed by atoms with E-state index in [1.54, 1.807) is 36.4 Å². The predicted molar refractivity (Wildman–Crippen MR) is 139 cm³/mol. The van der Waals surface area contributed by atoms with Crippen molar-refractivity contribution in [3.8, 4) is 34.3 Å². The van der Waals surface area contributed by atoms with Crippen molar-refractivity contribution in [1.29, 1.82) is 0 Å². The van der Waals surface area contributed by atoms with Gasteiger partial charge in [0.05, 0.1) is 38.1 Å². The van der Waals surface area contributed by atoms with Gasteiger partial charge in [-0.15, -0.1) is 0 Å². The van der Waals surface area contributed by atoms with Crippen LogP contribution in [0.2, 0.25) is 0 Å². The lowest BCUT2D eigenvalue weighted by atomic mass is 10.0. The molecule has 0 amide bonds. The first-order chi connectivity index (χ1) is 17.9. The second-order valence-corrected chi connectivity index (χ2v) is 8.28. The first-order valence-corrected chi connectivity index (χ1v) is 11.4. The Morgan fingerprint density at radius 1 is 0.838 bits per heavy atom. The molecule has 0 aliphatic carbocycles. The number of ether oxygens (including phenoxy) is 4. The molecule has 0 N–H and O–H groups in total. The Bertz CT molecular complexity index is 1700. The van der Waals surface area contributed by atoms with Crippen LogP contribution in [-0.2, 0) is 0 Å². The van der Waals surface area contributed by atoms with E-state index in [4.69, 9.17) is 28.3 Å². The van der Waals surface area contributed by atoms with E-state index >= 15 is 0 Å². The lowest BCUT2D eigenvalue weighted by molar-refractivity contribution is 0.0737. The van der Waals surface area contributed by atoms with Crippen molar-refractivity contribution in [3.05, 3.63) is 88.3 Å². The van der Waals surface area contributed by atoms with Crippen LogP contribution in [0.25, 0.3) is 33.1 Å². The van der Waals surface area contributed by atoms with Crippen LogP contribution in [0.15, 0.2) is 75.9 Å². The van der Waals surface area contributed by atoms with Crippen LogP contribution in [0.3, 0.4) is 0 Å². The molecule has 0 atom stereocenters. The lowest BCUT2D eigenvalue weighted by Gasteiger charge is -2.15. The Kier molecular flexibility index (Phi) is 6.23. The van der Waals surface area contributed by atoms with Crippen molar-refractivity contribution >= 4 is 27.8 Å². The van der Waals surface area contributed by atoms with Crippen molar-refractivity contribution in [2.45, 2.75) is 6.92 Å². The average molecular weight is 498 g/mol. The number of esters is 1. The normalized spacial score (nSPS) is 10.9. The van der Waals surface area contributed by atoms with Crippen LogP contribution >= 0.6 is 0 Å². The van der Waals surface area contributed by atoms with Gasteiger partial charge in [-0.25, -0.2) is 14.6 Å². The van der Waals surface area contributed by atoms with E-state index in [9.17, 15) is 9.59 Å². The molecular weight excluding hydrogens is 474 g/mol. The number of rotatable bonds is 6. The molecule has 0 saturated carbocycles. The highest BCUT2D eigenvalue weighted by Gasteiger charge is 2.19. The van der Waals surface area contributed by atoms with Gasteiger partial charge in [-0.05, 0) is 48.9 Å². The maximum atomic E-state index is 13.4. The average Bonchev–Trinajstić information content (AvgIpc) is 2.91. The minimum atomic E-state index is -0.582. The number of para-hydroxylation sites is 1. The van der Waals surface area contributed by atoms with Gasteiger partial charge in [0.15, 0.2) is 11.5 Å². The van der Waals surface area contributed by atoms with Crippen molar-refractivity contribution in [1.82, 2.24) is 4.98 Å². The van der Waals surface area contributed by atoms with Crippen LogP contribution in [-0.4, -0.2) is 32.3 Å². The van der Waals surface area contributed by atoms with Crippen LogP contribution in [0.5, 0.6) is 23.0 Å². The highest BCUT2D eigenvalue weighted by atomic mass is 16.5. The van der Waals surface area contributed by atoms with E-state index in [1.807, 2.05) is 25.1 Å². The number of nitrogens with zero attached hydrogens (tertiary/aromatic N) is 1. The van der Waals surface area contributed by atoms with Gasteiger partial charge in [0, 0.05) is 28.5 Å². The molecule has 0 spiro atoms. The second-order valence-electron chi connectivity index (χ2n) is 8.28. The number of benzene rings is 3. The van der Waals surface area contributed by atoms with E-state index in [-0.39, 0.29) is 5.75 Å². The third kappa shape index (κ3) is 4.45. The predicted octanol–water partition coefficient (Wildman–Crippen LogP) is 5.56. The number of aromatic nitrogens is 1. The van der Waals surface area contributed by atoms with E-state index in [2.05, 4.69) is 0 Å². The minimum absolute atomic E-state index is 0.251. The first-order valence-electron chi connectivity index (χ1n) is 11.4. The number of aryl methyl sites for hydroxylation is 1. The number of carbonyl (C=O) groups is 1. The molecule has 2 heterocycles. The molecule has 0 saturated heterocycles. The van der Waals surface area contributed by atoms with Gasteiger partial charge < -0.3 is 23.4 Å². The molecule has 0 fully saturated rings. The molecule has 8 nitrogen and oxygen atoms in total. The third-order valence-electron chi connectivity index (χ3n) is 6.03. The molecule has 0 aliphatic rings. The topological polar surface area (TPSA) is 97.1 Å². The Hall–Kier alpha value is -4.85.